The van der Waals surface area contributed by atoms with Crippen LogP contribution >= 0.6 is 11.6 Å². The molecule has 3 rings (SSSR count). The topological polar surface area (TPSA) is 89.2 Å². The van der Waals surface area contributed by atoms with Crippen molar-refractivity contribution in [2.75, 3.05) is 12.3 Å². The molecule has 2 amide bonds. The molecule has 0 saturated heterocycles. The van der Waals surface area contributed by atoms with Gasteiger partial charge in [-0.25, -0.2) is 9.97 Å². The van der Waals surface area contributed by atoms with Gasteiger partial charge >= 0.3 is 0 Å². The first-order chi connectivity index (χ1) is 10.5. The summed E-state index contributed by atoms with van der Waals surface area (Å²) in [7, 11) is 0. The Labute approximate surface area is 131 Å². The maximum absolute atomic E-state index is 12.3. The molecule has 0 bridgehead atoms. The van der Waals surface area contributed by atoms with Crippen molar-refractivity contribution >= 4 is 29.2 Å². The van der Waals surface area contributed by atoms with Crippen molar-refractivity contribution in [3.05, 3.63) is 51.9 Å². The lowest BCUT2D eigenvalue weighted by Crippen LogP contribution is -2.32. The van der Waals surface area contributed by atoms with E-state index >= 15 is 0 Å². The van der Waals surface area contributed by atoms with Gasteiger partial charge in [0.15, 0.2) is 0 Å². The van der Waals surface area contributed by atoms with Gasteiger partial charge in [-0.05, 0) is 25.5 Å². The van der Waals surface area contributed by atoms with E-state index in [-0.39, 0.29) is 29.3 Å². The Bertz CT molecular complexity index is 733. The third kappa shape index (κ3) is 2.31. The Kier molecular flexibility index (Phi) is 3.54. The molecule has 1 aliphatic heterocycles. The van der Waals surface area contributed by atoms with Crippen LogP contribution < -0.4 is 5.73 Å². The molecule has 112 valence electrons. The summed E-state index contributed by atoms with van der Waals surface area (Å²) in [5.41, 5.74) is 7.23. The second kappa shape index (κ2) is 5.38. The molecular formula is C15H13ClN4O2. The number of amides is 2. The smallest absolute Gasteiger partial charge is 0.261 e. The molecule has 0 radical (unpaired) electrons. The van der Waals surface area contributed by atoms with Crippen molar-refractivity contribution < 1.29 is 9.59 Å². The van der Waals surface area contributed by atoms with Gasteiger partial charge in [-0.1, -0.05) is 23.7 Å². The van der Waals surface area contributed by atoms with Crippen LogP contribution in [0.2, 0.25) is 5.15 Å². The maximum atomic E-state index is 12.3. The number of imide groups is 1. The van der Waals surface area contributed by atoms with E-state index < -0.39 is 0 Å². The quantitative estimate of drug-likeness (QED) is 0.689. The van der Waals surface area contributed by atoms with Gasteiger partial charge in [0.25, 0.3) is 11.8 Å². The molecule has 2 heterocycles. The van der Waals surface area contributed by atoms with E-state index in [0.717, 1.165) is 0 Å². The zero-order chi connectivity index (χ0) is 15.9. The zero-order valence-corrected chi connectivity index (χ0v) is 12.6. The summed E-state index contributed by atoms with van der Waals surface area (Å²) in [6.45, 7) is 1.87. The minimum Gasteiger partial charge on any atom is -0.383 e. The van der Waals surface area contributed by atoms with E-state index in [1.165, 1.54) is 4.90 Å². The predicted octanol–water partition coefficient (Wildman–Crippen LogP) is 1.86. The van der Waals surface area contributed by atoms with Gasteiger partial charge in [-0.3, -0.25) is 14.5 Å². The predicted molar refractivity (Wildman–Crippen MR) is 81.7 cm³/mol. The molecule has 2 aromatic rings. The SMILES string of the molecule is Cc1nc(N)c(CCN2C(=O)c3ccccc3C2=O)c(Cl)n1. The third-order valence-electron chi connectivity index (χ3n) is 3.56. The molecule has 0 spiro atoms. The molecule has 0 unspecified atom stereocenters. The van der Waals surface area contributed by atoms with Crippen LogP contribution in [0, 0.1) is 6.92 Å². The molecule has 6 nitrogen and oxygen atoms in total. The minimum absolute atomic E-state index is 0.183. The number of aromatic nitrogens is 2. The summed E-state index contributed by atoms with van der Waals surface area (Å²) in [5, 5.41) is 0.251. The maximum Gasteiger partial charge on any atom is 0.261 e. The lowest BCUT2D eigenvalue weighted by Gasteiger charge is -2.15. The highest BCUT2D eigenvalue weighted by atomic mass is 35.5. The zero-order valence-electron chi connectivity index (χ0n) is 11.8. The van der Waals surface area contributed by atoms with Gasteiger partial charge in [0.05, 0.1) is 11.1 Å². The molecule has 1 aromatic heterocycles. The minimum atomic E-state index is -0.302. The van der Waals surface area contributed by atoms with Gasteiger partial charge in [-0.15, -0.1) is 0 Å². The van der Waals surface area contributed by atoms with Gasteiger partial charge in [-0.2, -0.15) is 0 Å². The number of rotatable bonds is 3. The summed E-state index contributed by atoms with van der Waals surface area (Å²) in [6.07, 6.45) is 0.316. The van der Waals surface area contributed by atoms with Gasteiger partial charge < -0.3 is 5.73 Å². The number of hydrogen-bond acceptors (Lipinski definition) is 5. The number of nitrogen functional groups attached to an aromatic ring is 1. The van der Waals surface area contributed by atoms with Crippen molar-refractivity contribution in [3.8, 4) is 0 Å². The average Bonchev–Trinajstić information content (AvgIpc) is 2.71. The molecule has 0 aliphatic carbocycles. The molecule has 22 heavy (non-hydrogen) atoms. The molecule has 7 heteroatoms. The van der Waals surface area contributed by atoms with Crippen LogP contribution in [0.5, 0.6) is 0 Å². The normalized spacial score (nSPS) is 13.6. The highest BCUT2D eigenvalue weighted by Gasteiger charge is 2.34. The monoisotopic (exact) mass is 316 g/mol. The Morgan fingerprint density at radius 2 is 1.73 bits per heavy atom. The van der Waals surface area contributed by atoms with Crippen molar-refractivity contribution in [3.63, 3.8) is 0 Å². The number of hydrogen-bond donors (Lipinski definition) is 1. The largest absolute Gasteiger partial charge is 0.383 e. The number of halogens is 1. The van der Waals surface area contributed by atoms with Gasteiger partial charge in [0.2, 0.25) is 0 Å². The number of nitrogens with two attached hydrogens (primary N) is 1. The fraction of sp³-hybridized carbons (Fsp3) is 0.200. The van der Waals surface area contributed by atoms with E-state index in [1.54, 1.807) is 31.2 Å². The highest BCUT2D eigenvalue weighted by molar-refractivity contribution is 6.30. The van der Waals surface area contributed by atoms with Crippen molar-refractivity contribution in [2.24, 2.45) is 0 Å². The van der Waals surface area contributed by atoms with Crippen molar-refractivity contribution in [1.29, 1.82) is 0 Å². The van der Waals surface area contributed by atoms with Crippen LogP contribution in [0.3, 0.4) is 0 Å². The molecule has 1 aliphatic rings. The fourth-order valence-electron chi connectivity index (χ4n) is 2.48. The Morgan fingerprint density at radius 1 is 1.14 bits per heavy atom. The van der Waals surface area contributed by atoms with E-state index in [0.29, 0.717) is 28.9 Å². The second-order valence-electron chi connectivity index (χ2n) is 4.98. The lowest BCUT2D eigenvalue weighted by molar-refractivity contribution is 0.0656. The summed E-state index contributed by atoms with van der Waals surface area (Å²) in [4.78, 5) is 33.8. The molecular weight excluding hydrogens is 304 g/mol. The van der Waals surface area contributed by atoms with Crippen LogP contribution in [0.15, 0.2) is 24.3 Å². The van der Waals surface area contributed by atoms with Crippen LogP contribution in [-0.4, -0.2) is 33.2 Å². The summed E-state index contributed by atoms with van der Waals surface area (Å²) in [5.74, 6) is 0.146. The highest BCUT2D eigenvalue weighted by Crippen LogP contribution is 2.24. The van der Waals surface area contributed by atoms with Gasteiger partial charge in [0, 0.05) is 12.1 Å². The molecule has 0 atom stereocenters. The first-order valence-corrected chi connectivity index (χ1v) is 7.10. The van der Waals surface area contributed by atoms with E-state index in [2.05, 4.69) is 9.97 Å². The number of carbonyl (C=O) groups is 2. The van der Waals surface area contributed by atoms with Crippen molar-refractivity contribution in [1.82, 2.24) is 14.9 Å². The number of aryl methyl sites for hydroxylation is 1. The van der Waals surface area contributed by atoms with Gasteiger partial charge in [0.1, 0.15) is 16.8 Å². The number of benzene rings is 1. The van der Waals surface area contributed by atoms with E-state index in [9.17, 15) is 9.59 Å². The number of carbonyl (C=O) groups excluding carboxylic acids is 2. The molecule has 0 fully saturated rings. The van der Waals surface area contributed by atoms with Crippen LogP contribution in [0.1, 0.15) is 32.1 Å². The Hall–Kier alpha value is -2.47. The molecule has 0 saturated carbocycles. The van der Waals surface area contributed by atoms with Crippen LogP contribution in [0.4, 0.5) is 5.82 Å². The van der Waals surface area contributed by atoms with Crippen molar-refractivity contribution in [2.45, 2.75) is 13.3 Å². The fourth-order valence-corrected chi connectivity index (χ4v) is 2.79. The number of nitrogens with zero attached hydrogens (tertiary/aromatic N) is 3. The molecule has 2 N–H and O–H groups in total. The number of fused-ring (bicyclic) bond motifs is 1. The average molecular weight is 317 g/mol. The van der Waals surface area contributed by atoms with E-state index in [1.807, 2.05) is 0 Å². The number of anilines is 1. The third-order valence-corrected chi connectivity index (χ3v) is 3.88. The Morgan fingerprint density at radius 3 is 2.27 bits per heavy atom. The standard InChI is InChI=1S/C15H13ClN4O2/c1-8-18-12(16)11(13(17)19-8)6-7-20-14(21)9-4-2-3-5-10(9)15(20)22/h2-5H,6-7H2,1H3,(H2,17,18,19). The summed E-state index contributed by atoms with van der Waals surface area (Å²) in [6, 6.07) is 6.75. The van der Waals surface area contributed by atoms with E-state index in [4.69, 9.17) is 17.3 Å². The Balaban J connectivity index is 1.82. The second-order valence-corrected chi connectivity index (χ2v) is 5.34. The lowest BCUT2D eigenvalue weighted by atomic mass is 10.1. The summed E-state index contributed by atoms with van der Waals surface area (Å²) < 4.78 is 0. The first kappa shape index (κ1) is 14.5. The van der Waals surface area contributed by atoms with Crippen LogP contribution in [-0.2, 0) is 6.42 Å². The molecule has 1 aromatic carbocycles. The van der Waals surface area contributed by atoms with Crippen LogP contribution in [0.25, 0.3) is 0 Å². The first-order valence-electron chi connectivity index (χ1n) is 6.72. The summed E-state index contributed by atoms with van der Waals surface area (Å²) >= 11 is 6.06.